The van der Waals surface area contributed by atoms with Crippen molar-refractivity contribution in [1.29, 1.82) is 0 Å². The Labute approximate surface area is 164 Å². The standard InChI is InChI=1S/C19H28N4O5/c1-11-8-13(16(20)15(9-11)23(26)27)17(24)21-14-6-7-22(10-12(14)2)18(25)28-19(3,4)5/h8-9,12,14H,6-7,10,20H2,1-5H3,(H,21,24)/t12-,14-/m1/s1. The highest BCUT2D eigenvalue weighted by Gasteiger charge is 2.32. The van der Waals surface area contributed by atoms with Gasteiger partial charge in [-0.2, -0.15) is 0 Å². The highest BCUT2D eigenvalue weighted by atomic mass is 16.6. The van der Waals surface area contributed by atoms with Gasteiger partial charge in [-0.1, -0.05) is 6.92 Å². The maximum absolute atomic E-state index is 12.7. The molecular formula is C19H28N4O5. The minimum Gasteiger partial charge on any atom is -0.444 e. The lowest BCUT2D eigenvalue weighted by Crippen LogP contribution is -2.52. The predicted octanol–water partition coefficient (Wildman–Crippen LogP) is 2.86. The normalized spacial score (nSPS) is 19.8. The van der Waals surface area contributed by atoms with E-state index in [-0.39, 0.29) is 35.0 Å². The third kappa shape index (κ3) is 5.11. The van der Waals surface area contributed by atoms with Crippen LogP contribution in [0.2, 0.25) is 0 Å². The van der Waals surface area contributed by atoms with Crippen LogP contribution in [0.4, 0.5) is 16.2 Å². The Bertz CT molecular complexity index is 787. The van der Waals surface area contributed by atoms with Crippen molar-refractivity contribution in [3.8, 4) is 0 Å². The molecule has 0 unspecified atom stereocenters. The highest BCUT2D eigenvalue weighted by molar-refractivity contribution is 6.01. The molecule has 2 amide bonds. The number of likely N-dealkylation sites (tertiary alicyclic amines) is 1. The van der Waals surface area contributed by atoms with E-state index in [0.29, 0.717) is 25.1 Å². The van der Waals surface area contributed by atoms with E-state index in [1.165, 1.54) is 12.1 Å². The van der Waals surface area contributed by atoms with Crippen molar-refractivity contribution < 1.29 is 19.2 Å². The number of rotatable bonds is 3. The van der Waals surface area contributed by atoms with Gasteiger partial charge >= 0.3 is 6.09 Å². The number of aryl methyl sites for hydroxylation is 1. The quantitative estimate of drug-likeness (QED) is 0.462. The fourth-order valence-corrected chi connectivity index (χ4v) is 3.22. The number of nitro groups is 1. The number of amides is 2. The van der Waals surface area contributed by atoms with E-state index in [1.54, 1.807) is 11.8 Å². The molecule has 1 aliphatic rings. The van der Waals surface area contributed by atoms with Gasteiger partial charge in [-0.05, 0) is 51.7 Å². The van der Waals surface area contributed by atoms with E-state index < -0.39 is 16.4 Å². The molecule has 0 bridgehead atoms. The Hall–Kier alpha value is -2.84. The monoisotopic (exact) mass is 392 g/mol. The first kappa shape index (κ1) is 21.5. The largest absolute Gasteiger partial charge is 0.444 e. The van der Waals surface area contributed by atoms with Crippen LogP contribution >= 0.6 is 0 Å². The molecule has 1 heterocycles. The van der Waals surface area contributed by atoms with Crippen LogP contribution in [0.3, 0.4) is 0 Å². The van der Waals surface area contributed by atoms with Crippen LogP contribution < -0.4 is 11.1 Å². The van der Waals surface area contributed by atoms with E-state index in [1.807, 2.05) is 27.7 Å². The molecule has 1 aliphatic heterocycles. The third-order valence-corrected chi connectivity index (χ3v) is 4.62. The van der Waals surface area contributed by atoms with Gasteiger partial charge in [0.05, 0.1) is 10.5 Å². The summed E-state index contributed by atoms with van der Waals surface area (Å²) < 4.78 is 5.39. The molecule has 2 atom stereocenters. The van der Waals surface area contributed by atoms with Gasteiger partial charge < -0.3 is 20.7 Å². The molecule has 28 heavy (non-hydrogen) atoms. The van der Waals surface area contributed by atoms with Crippen molar-refractivity contribution in [2.75, 3.05) is 18.8 Å². The van der Waals surface area contributed by atoms with Crippen LogP contribution in [0.1, 0.15) is 50.0 Å². The number of nitrogens with one attached hydrogen (secondary N) is 1. The lowest BCUT2D eigenvalue weighted by Gasteiger charge is -2.37. The molecule has 1 saturated heterocycles. The second kappa shape index (κ2) is 8.04. The van der Waals surface area contributed by atoms with Gasteiger partial charge in [-0.25, -0.2) is 4.79 Å². The van der Waals surface area contributed by atoms with Crippen LogP contribution in [-0.2, 0) is 4.74 Å². The average Bonchev–Trinajstić information content (AvgIpc) is 2.56. The lowest BCUT2D eigenvalue weighted by molar-refractivity contribution is -0.384. The topological polar surface area (TPSA) is 128 Å². The number of carbonyl (C=O) groups is 2. The first-order chi connectivity index (χ1) is 12.9. The Morgan fingerprint density at radius 3 is 2.54 bits per heavy atom. The average molecular weight is 392 g/mol. The number of nitro benzene ring substituents is 1. The molecule has 1 fully saturated rings. The smallest absolute Gasteiger partial charge is 0.410 e. The van der Waals surface area contributed by atoms with Gasteiger partial charge in [0, 0.05) is 25.2 Å². The van der Waals surface area contributed by atoms with Crippen molar-refractivity contribution in [2.45, 2.75) is 52.7 Å². The van der Waals surface area contributed by atoms with Crippen molar-refractivity contribution in [2.24, 2.45) is 5.92 Å². The van der Waals surface area contributed by atoms with Crippen molar-refractivity contribution in [1.82, 2.24) is 10.2 Å². The molecule has 2 rings (SSSR count). The fourth-order valence-electron chi connectivity index (χ4n) is 3.22. The summed E-state index contributed by atoms with van der Waals surface area (Å²) in [5.74, 6) is -0.460. The van der Waals surface area contributed by atoms with Crippen molar-refractivity contribution in [3.63, 3.8) is 0 Å². The van der Waals surface area contributed by atoms with Crippen LogP contribution in [0.5, 0.6) is 0 Å². The number of piperidine rings is 1. The number of carbonyl (C=O) groups excluding carboxylic acids is 2. The molecule has 9 heteroatoms. The highest BCUT2D eigenvalue weighted by Crippen LogP contribution is 2.28. The van der Waals surface area contributed by atoms with Crippen LogP contribution in [-0.4, -0.2) is 46.6 Å². The number of nitrogens with zero attached hydrogens (tertiary/aromatic N) is 2. The van der Waals surface area contributed by atoms with Gasteiger partial charge in [0.2, 0.25) is 0 Å². The van der Waals surface area contributed by atoms with Gasteiger partial charge in [-0.3, -0.25) is 14.9 Å². The molecule has 154 valence electrons. The molecule has 0 spiro atoms. The van der Waals surface area contributed by atoms with E-state index in [0.717, 1.165) is 0 Å². The van der Waals surface area contributed by atoms with Crippen molar-refractivity contribution >= 4 is 23.4 Å². The number of nitrogen functional groups attached to an aromatic ring is 1. The third-order valence-electron chi connectivity index (χ3n) is 4.62. The Kier molecular flexibility index (Phi) is 6.16. The number of hydrogen-bond acceptors (Lipinski definition) is 6. The van der Waals surface area contributed by atoms with Gasteiger partial charge in [0.15, 0.2) is 0 Å². The molecule has 0 aromatic heterocycles. The Morgan fingerprint density at radius 1 is 1.36 bits per heavy atom. The van der Waals surface area contributed by atoms with E-state index in [2.05, 4.69) is 5.32 Å². The zero-order valence-electron chi connectivity index (χ0n) is 16.9. The summed E-state index contributed by atoms with van der Waals surface area (Å²) in [6.45, 7) is 9.94. The number of ether oxygens (including phenoxy) is 1. The summed E-state index contributed by atoms with van der Waals surface area (Å²) in [7, 11) is 0. The van der Waals surface area contributed by atoms with Crippen LogP contribution in [0.25, 0.3) is 0 Å². The summed E-state index contributed by atoms with van der Waals surface area (Å²) >= 11 is 0. The zero-order valence-corrected chi connectivity index (χ0v) is 16.9. The van der Waals surface area contributed by atoms with Gasteiger partial charge in [-0.15, -0.1) is 0 Å². The minimum absolute atomic E-state index is 0.00811. The summed E-state index contributed by atoms with van der Waals surface area (Å²) in [5.41, 5.74) is 5.52. The molecule has 9 nitrogen and oxygen atoms in total. The summed E-state index contributed by atoms with van der Waals surface area (Å²) in [6.07, 6.45) is 0.183. The number of anilines is 1. The Balaban J connectivity index is 2.07. The number of nitrogens with two attached hydrogens (primary N) is 1. The zero-order chi connectivity index (χ0) is 21.2. The molecular weight excluding hydrogens is 364 g/mol. The second-order valence-corrected chi connectivity index (χ2v) is 8.27. The fraction of sp³-hybridized carbons (Fsp3) is 0.579. The molecule has 3 N–H and O–H groups in total. The summed E-state index contributed by atoms with van der Waals surface area (Å²) in [6, 6.07) is 2.71. The van der Waals surface area contributed by atoms with Crippen LogP contribution in [0.15, 0.2) is 12.1 Å². The second-order valence-electron chi connectivity index (χ2n) is 8.27. The molecule has 0 radical (unpaired) electrons. The van der Waals surface area contributed by atoms with Gasteiger partial charge in [0.25, 0.3) is 11.6 Å². The lowest BCUT2D eigenvalue weighted by atomic mass is 9.93. The first-order valence-electron chi connectivity index (χ1n) is 9.22. The number of benzene rings is 1. The molecule has 0 saturated carbocycles. The first-order valence-corrected chi connectivity index (χ1v) is 9.22. The molecule has 0 aliphatic carbocycles. The maximum atomic E-state index is 12.7. The Morgan fingerprint density at radius 2 is 2.00 bits per heavy atom. The van der Waals surface area contributed by atoms with Crippen molar-refractivity contribution in [3.05, 3.63) is 33.4 Å². The predicted molar refractivity (Wildman–Crippen MR) is 105 cm³/mol. The SMILES string of the molecule is Cc1cc(C(=O)N[C@@H]2CCN(C(=O)OC(C)(C)C)C[C@H]2C)c(N)c([N+](=O)[O-])c1. The summed E-state index contributed by atoms with van der Waals surface area (Å²) in [5, 5.41) is 14.0. The van der Waals surface area contributed by atoms with Crippen LogP contribution in [0, 0.1) is 23.0 Å². The minimum atomic E-state index is -0.596. The van der Waals surface area contributed by atoms with E-state index in [4.69, 9.17) is 10.5 Å². The maximum Gasteiger partial charge on any atom is 0.410 e. The number of hydrogen-bond donors (Lipinski definition) is 2. The van der Waals surface area contributed by atoms with E-state index in [9.17, 15) is 19.7 Å². The van der Waals surface area contributed by atoms with E-state index >= 15 is 0 Å². The molecule has 1 aromatic rings. The molecule has 1 aromatic carbocycles. The van der Waals surface area contributed by atoms with Gasteiger partial charge in [0.1, 0.15) is 11.3 Å². The summed E-state index contributed by atoms with van der Waals surface area (Å²) in [4.78, 5) is 37.1.